The summed E-state index contributed by atoms with van der Waals surface area (Å²) in [6.45, 7) is 0. The number of benzene rings is 3. The van der Waals surface area contributed by atoms with Crippen molar-refractivity contribution in [2.75, 3.05) is 5.75 Å². The lowest BCUT2D eigenvalue weighted by atomic mass is 9.88. The minimum Gasteiger partial charge on any atom is -0.379 e. The normalized spacial score (nSPS) is 12.1. The van der Waals surface area contributed by atoms with Crippen molar-refractivity contribution in [2.45, 2.75) is 11.4 Å². The molecule has 0 saturated heterocycles. The van der Waals surface area contributed by atoms with Crippen LogP contribution in [-0.2, 0) is 21.2 Å². The molecule has 3 aromatic rings. The van der Waals surface area contributed by atoms with Gasteiger partial charge < -0.3 is 5.11 Å². The Morgan fingerprint density at radius 2 is 1.19 bits per heavy atom. The van der Waals surface area contributed by atoms with Gasteiger partial charge in [-0.25, -0.2) is 17.2 Å². The maximum Gasteiger partial charge on any atom is 0.157 e. The second kappa shape index (κ2) is 7.58. The molecule has 0 heterocycles. The highest BCUT2D eigenvalue weighted by atomic mass is 32.2. The van der Waals surface area contributed by atoms with Gasteiger partial charge in [-0.05, 0) is 41.0 Å². The fourth-order valence-corrected chi connectivity index (χ4v) is 4.75. The minimum absolute atomic E-state index is 0.215. The van der Waals surface area contributed by atoms with E-state index in [1.165, 1.54) is 24.3 Å². The third kappa shape index (κ3) is 4.59. The van der Waals surface area contributed by atoms with Gasteiger partial charge in [0.25, 0.3) is 0 Å². The number of halogens is 2. The number of hydrogen-bond acceptors (Lipinski definition) is 3. The molecule has 0 spiro atoms. The van der Waals surface area contributed by atoms with Crippen LogP contribution in [0.4, 0.5) is 8.78 Å². The van der Waals surface area contributed by atoms with Crippen LogP contribution >= 0.6 is 0 Å². The van der Waals surface area contributed by atoms with Crippen molar-refractivity contribution in [1.29, 1.82) is 0 Å². The first-order valence-corrected chi connectivity index (χ1v) is 10.1. The Kier molecular flexibility index (Phi) is 5.39. The molecule has 3 aromatic carbocycles. The second-order valence-corrected chi connectivity index (χ2v) is 8.46. The molecular weight excluding hydrogens is 370 g/mol. The van der Waals surface area contributed by atoms with Crippen LogP contribution < -0.4 is 0 Å². The van der Waals surface area contributed by atoms with Crippen LogP contribution in [0.3, 0.4) is 0 Å². The quantitative estimate of drug-likeness (QED) is 0.699. The van der Waals surface area contributed by atoms with E-state index in [4.69, 9.17) is 0 Å². The summed E-state index contributed by atoms with van der Waals surface area (Å²) in [5.74, 6) is -1.88. The summed E-state index contributed by atoms with van der Waals surface area (Å²) < 4.78 is 52.2. The molecule has 0 amide bonds. The zero-order valence-electron chi connectivity index (χ0n) is 14.3. The molecule has 0 aliphatic rings. The highest BCUT2D eigenvalue weighted by Gasteiger charge is 2.37. The molecular formula is C21H18F2O3S. The molecule has 0 aliphatic carbocycles. The highest BCUT2D eigenvalue weighted by Crippen LogP contribution is 2.32. The van der Waals surface area contributed by atoms with Crippen LogP contribution in [0.5, 0.6) is 0 Å². The van der Waals surface area contributed by atoms with E-state index in [-0.39, 0.29) is 16.9 Å². The van der Waals surface area contributed by atoms with Gasteiger partial charge in [0.15, 0.2) is 9.84 Å². The molecule has 0 aromatic heterocycles. The standard InChI is InChI=1S/C21H18F2O3S/c22-19-10-6-17(7-11-19)21(24,18-8-12-20(23)13-9-18)15-27(25,26)14-16-4-2-1-3-5-16/h1-13,24H,14-15H2. The Hall–Kier alpha value is -2.57. The maximum atomic E-state index is 13.3. The fraction of sp³-hybridized carbons (Fsp3) is 0.143. The third-order valence-electron chi connectivity index (χ3n) is 4.30. The van der Waals surface area contributed by atoms with Crippen molar-refractivity contribution >= 4 is 9.84 Å². The average Bonchev–Trinajstić information content (AvgIpc) is 2.62. The van der Waals surface area contributed by atoms with E-state index in [1.807, 2.05) is 0 Å². The van der Waals surface area contributed by atoms with Gasteiger partial charge in [0.05, 0.1) is 11.5 Å². The van der Waals surface area contributed by atoms with Gasteiger partial charge in [-0.3, -0.25) is 0 Å². The summed E-state index contributed by atoms with van der Waals surface area (Å²) >= 11 is 0. The number of rotatable bonds is 6. The lowest BCUT2D eigenvalue weighted by molar-refractivity contribution is 0.105. The van der Waals surface area contributed by atoms with E-state index >= 15 is 0 Å². The van der Waals surface area contributed by atoms with E-state index in [9.17, 15) is 22.3 Å². The van der Waals surface area contributed by atoms with Crippen molar-refractivity contribution in [3.8, 4) is 0 Å². The predicted octanol–water partition coefficient (Wildman–Crippen LogP) is 3.82. The molecule has 1 N–H and O–H groups in total. The van der Waals surface area contributed by atoms with Crippen molar-refractivity contribution in [2.24, 2.45) is 0 Å². The molecule has 0 fully saturated rings. The maximum absolute atomic E-state index is 13.3. The summed E-state index contributed by atoms with van der Waals surface area (Å²) in [6.07, 6.45) is 0. The molecule has 0 saturated carbocycles. The molecule has 6 heteroatoms. The number of sulfone groups is 1. The Labute approximate surface area is 156 Å². The van der Waals surface area contributed by atoms with Gasteiger partial charge in [0.1, 0.15) is 17.2 Å². The molecule has 0 unspecified atom stereocenters. The Morgan fingerprint density at radius 1 is 0.741 bits per heavy atom. The summed E-state index contributed by atoms with van der Waals surface area (Å²) in [6, 6.07) is 18.5. The summed E-state index contributed by atoms with van der Waals surface area (Å²) in [5.41, 5.74) is -0.910. The summed E-state index contributed by atoms with van der Waals surface area (Å²) in [5, 5.41) is 11.3. The monoisotopic (exact) mass is 388 g/mol. The first-order valence-electron chi connectivity index (χ1n) is 8.27. The SMILES string of the molecule is O=S(=O)(Cc1ccccc1)CC(O)(c1ccc(F)cc1)c1ccc(F)cc1. The number of aliphatic hydroxyl groups is 1. The lowest BCUT2D eigenvalue weighted by Crippen LogP contribution is -2.36. The molecule has 0 radical (unpaired) electrons. The molecule has 3 rings (SSSR count). The topological polar surface area (TPSA) is 54.4 Å². The molecule has 0 aliphatic heterocycles. The smallest absolute Gasteiger partial charge is 0.157 e. The van der Waals surface area contributed by atoms with Gasteiger partial charge in [0.2, 0.25) is 0 Å². The lowest BCUT2D eigenvalue weighted by Gasteiger charge is -2.29. The Balaban J connectivity index is 2.01. The third-order valence-corrected chi connectivity index (χ3v) is 5.93. The highest BCUT2D eigenvalue weighted by molar-refractivity contribution is 7.90. The van der Waals surface area contributed by atoms with Crippen LogP contribution in [0, 0.1) is 11.6 Å². The predicted molar refractivity (Wildman–Crippen MR) is 99.7 cm³/mol. The van der Waals surface area contributed by atoms with Crippen molar-refractivity contribution < 1.29 is 22.3 Å². The van der Waals surface area contributed by atoms with Crippen molar-refractivity contribution in [3.63, 3.8) is 0 Å². The van der Waals surface area contributed by atoms with E-state index in [0.29, 0.717) is 5.56 Å². The fourth-order valence-electron chi connectivity index (χ4n) is 2.98. The molecule has 27 heavy (non-hydrogen) atoms. The first-order chi connectivity index (χ1) is 12.8. The first kappa shape index (κ1) is 19.2. The summed E-state index contributed by atoms with van der Waals surface area (Å²) in [4.78, 5) is 0. The molecule has 0 bridgehead atoms. The Bertz CT molecular complexity index is 954. The van der Waals surface area contributed by atoms with E-state index in [2.05, 4.69) is 0 Å². The van der Waals surface area contributed by atoms with E-state index in [1.54, 1.807) is 30.3 Å². The zero-order valence-corrected chi connectivity index (χ0v) is 15.2. The van der Waals surface area contributed by atoms with Gasteiger partial charge in [0, 0.05) is 0 Å². The van der Waals surface area contributed by atoms with E-state index in [0.717, 1.165) is 24.3 Å². The minimum atomic E-state index is -3.75. The van der Waals surface area contributed by atoms with Gasteiger partial charge in [-0.15, -0.1) is 0 Å². The van der Waals surface area contributed by atoms with Crippen LogP contribution in [-0.4, -0.2) is 19.3 Å². The van der Waals surface area contributed by atoms with E-state index < -0.39 is 32.8 Å². The Morgan fingerprint density at radius 3 is 1.63 bits per heavy atom. The molecule has 0 atom stereocenters. The average molecular weight is 388 g/mol. The van der Waals surface area contributed by atoms with Crippen LogP contribution in [0.15, 0.2) is 78.9 Å². The second-order valence-electron chi connectivity index (χ2n) is 6.39. The van der Waals surface area contributed by atoms with Crippen LogP contribution in [0.2, 0.25) is 0 Å². The van der Waals surface area contributed by atoms with Gasteiger partial charge in [-0.1, -0.05) is 54.6 Å². The summed E-state index contributed by atoms with van der Waals surface area (Å²) in [7, 11) is -3.75. The van der Waals surface area contributed by atoms with Crippen molar-refractivity contribution in [3.05, 3.63) is 107 Å². The van der Waals surface area contributed by atoms with Crippen LogP contribution in [0.1, 0.15) is 16.7 Å². The van der Waals surface area contributed by atoms with Crippen LogP contribution in [0.25, 0.3) is 0 Å². The zero-order chi connectivity index (χ0) is 19.5. The van der Waals surface area contributed by atoms with Gasteiger partial charge in [-0.2, -0.15) is 0 Å². The largest absolute Gasteiger partial charge is 0.379 e. The van der Waals surface area contributed by atoms with Crippen molar-refractivity contribution in [1.82, 2.24) is 0 Å². The van der Waals surface area contributed by atoms with Gasteiger partial charge >= 0.3 is 0 Å². The molecule has 3 nitrogen and oxygen atoms in total. The molecule has 140 valence electrons. The number of hydrogen-bond donors (Lipinski definition) is 1.